The second-order valence-corrected chi connectivity index (χ2v) is 5.24. The molecule has 24 heavy (non-hydrogen) atoms. The molecule has 0 aliphatic carbocycles. The van der Waals surface area contributed by atoms with Crippen molar-refractivity contribution in [3.63, 3.8) is 0 Å². The van der Waals surface area contributed by atoms with Crippen molar-refractivity contribution in [2.75, 3.05) is 25.6 Å². The first-order valence-electron chi connectivity index (χ1n) is 7.56. The second kappa shape index (κ2) is 7.14. The van der Waals surface area contributed by atoms with Gasteiger partial charge in [-0.2, -0.15) is 0 Å². The summed E-state index contributed by atoms with van der Waals surface area (Å²) >= 11 is 0. The number of hydrogen-bond acceptors (Lipinski definition) is 5. The number of rotatable bonds is 6. The number of aromatic nitrogens is 1. The van der Waals surface area contributed by atoms with E-state index in [4.69, 9.17) is 13.9 Å². The first kappa shape index (κ1) is 16.0. The van der Waals surface area contributed by atoms with Gasteiger partial charge in [0.15, 0.2) is 11.5 Å². The topological polar surface area (TPSA) is 73.6 Å². The van der Waals surface area contributed by atoms with Gasteiger partial charge in [-0.1, -0.05) is 6.07 Å². The number of ether oxygens (including phenoxy) is 2. The van der Waals surface area contributed by atoms with E-state index in [1.165, 1.54) is 0 Å². The number of amides is 1. The van der Waals surface area contributed by atoms with Gasteiger partial charge in [0.25, 0.3) is 5.91 Å². The molecule has 3 aromatic rings. The Morgan fingerprint density at radius 1 is 1.21 bits per heavy atom. The first-order chi connectivity index (χ1) is 11.7. The largest absolute Gasteiger partial charge is 0.491 e. The number of benzene rings is 2. The predicted octanol–water partition coefficient (Wildman–Crippen LogP) is 3.41. The molecule has 1 N–H and O–H groups in total. The van der Waals surface area contributed by atoms with Gasteiger partial charge in [0.2, 0.25) is 0 Å². The van der Waals surface area contributed by atoms with E-state index in [2.05, 4.69) is 10.3 Å². The predicted molar refractivity (Wildman–Crippen MR) is 90.5 cm³/mol. The van der Waals surface area contributed by atoms with E-state index >= 15 is 0 Å². The lowest BCUT2D eigenvalue weighted by Gasteiger charge is -2.08. The van der Waals surface area contributed by atoms with Crippen LogP contribution in [0.15, 0.2) is 46.9 Å². The molecule has 0 atom stereocenters. The lowest BCUT2D eigenvalue weighted by molar-refractivity contribution is 0.102. The van der Waals surface area contributed by atoms with Gasteiger partial charge in [-0.3, -0.25) is 4.79 Å². The van der Waals surface area contributed by atoms with Crippen molar-refractivity contribution in [1.29, 1.82) is 0 Å². The number of aryl methyl sites for hydroxylation is 1. The Hall–Kier alpha value is -2.86. The highest BCUT2D eigenvalue weighted by molar-refractivity contribution is 6.05. The van der Waals surface area contributed by atoms with Gasteiger partial charge in [0.1, 0.15) is 17.9 Å². The fourth-order valence-corrected chi connectivity index (χ4v) is 2.29. The van der Waals surface area contributed by atoms with Crippen LogP contribution in [0.5, 0.6) is 5.75 Å². The van der Waals surface area contributed by atoms with Crippen LogP contribution >= 0.6 is 0 Å². The average molecular weight is 326 g/mol. The van der Waals surface area contributed by atoms with E-state index in [0.29, 0.717) is 41.7 Å². The summed E-state index contributed by atoms with van der Waals surface area (Å²) in [5, 5.41) is 2.85. The van der Waals surface area contributed by atoms with E-state index in [1.54, 1.807) is 50.4 Å². The molecule has 2 aromatic carbocycles. The molecule has 1 amide bonds. The SMILES string of the molecule is COCCOc1cccc(C(=O)Nc2ccc3nc(C)oc3c2)c1. The van der Waals surface area contributed by atoms with Gasteiger partial charge in [0, 0.05) is 31.4 Å². The van der Waals surface area contributed by atoms with E-state index < -0.39 is 0 Å². The molecule has 0 bridgehead atoms. The summed E-state index contributed by atoms with van der Waals surface area (Å²) in [7, 11) is 1.61. The van der Waals surface area contributed by atoms with Crippen molar-refractivity contribution >= 4 is 22.7 Å². The molecule has 0 fully saturated rings. The van der Waals surface area contributed by atoms with Gasteiger partial charge >= 0.3 is 0 Å². The number of fused-ring (bicyclic) bond motifs is 1. The molecule has 3 rings (SSSR count). The van der Waals surface area contributed by atoms with Gasteiger partial charge < -0.3 is 19.2 Å². The van der Waals surface area contributed by atoms with Crippen LogP contribution in [0.25, 0.3) is 11.1 Å². The number of hydrogen-bond donors (Lipinski definition) is 1. The standard InChI is InChI=1S/C18H18N2O4/c1-12-19-16-7-6-14(11-17(16)24-12)20-18(21)13-4-3-5-15(10-13)23-9-8-22-2/h3-7,10-11H,8-9H2,1-2H3,(H,20,21). The number of anilines is 1. The number of carbonyl (C=O) groups excluding carboxylic acids is 1. The summed E-state index contributed by atoms with van der Waals surface area (Å²) in [5.41, 5.74) is 2.56. The third-order valence-electron chi connectivity index (χ3n) is 3.41. The maximum absolute atomic E-state index is 12.4. The van der Waals surface area contributed by atoms with Gasteiger partial charge in [-0.25, -0.2) is 4.98 Å². The summed E-state index contributed by atoms with van der Waals surface area (Å²) in [6.45, 7) is 2.71. The number of nitrogens with one attached hydrogen (secondary N) is 1. The summed E-state index contributed by atoms with van der Waals surface area (Å²) in [6.07, 6.45) is 0. The van der Waals surface area contributed by atoms with Crippen molar-refractivity contribution in [1.82, 2.24) is 4.98 Å². The molecule has 0 radical (unpaired) electrons. The molecule has 6 heteroatoms. The molecular formula is C18H18N2O4. The number of nitrogens with zero attached hydrogens (tertiary/aromatic N) is 1. The minimum Gasteiger partial charge on any atom is -0.491 e. The minimum absolute atomic E-state index is 0.220. The Morgan fingerprint density at radius 3 is 2.92 bits per heavy atom. The molecule has 1 aromatic heterocycles. The van der Waals surface area contributed by atoms with Crippen LogP contribution in [0, 0.1) is 6.92 Å². The zero-order valence-electron chi connectivity index (χ0n) is 13.5. The number of methoxy groups -OCH3 is 1. The average Bonchev–Trinajstić information content (AvgIpc) is 2.95. The van der Waals surface area contributed by atoms with Crippen molar-refractivity contribution in [2.24, 2.45) is 0 Å². The maximum Gasteiger partial charge on any atom is 0.255 e. The van der Waals surface area contributed by atoms with E-state index in [0.717, 1.165) is 5.52 Å². The highest BCUT2D eigenvalue weighted by Crippen LogP contribution is 2.21. The number of carbonyl (C=O) groups is 1. The molecule has 0 aliphatic heterocycles. The summed E-state index contributed by atoms with van der Waals surface area (Å²) in [4.78, 5) is 16.6. The molecule has 0 saturated carbocycles. The summed E-state index contributed by atoms with van der Waals surface area (Å²) in [5.74, 6) is 0.998. The molecule has 6 nitrogen and oxygen atoms in total. The lowest BCUT2D eigenvalue weighted by Crippen LogP contribution is -2.12. The highest BCUT2D eigenvalue weighted by atomic mass is 16.5. The third-order valence-corrected chi connectivity index (χ3v) is 3.41. The van der Waals surface area contributed by atoms with Crippen LogP contribution in [0.3, 0.4) is 0 Å². The third kappa shape index (κ3) is 3.72. The Morgan fingerprint density at radius 2 is 2.08 bits per heavy atom. The van der Waals surface area contributed by atoms with E-state index in [1.807, 2.05) is 6.07 Å². The van der Waals surface area contributed by atoms with Crippen LogP contribution in [-0.2, 0) is 4.74 Å². The van der Waals surface area contributed by atoms with Crippen molar-refractivity contribution in [3.8, 4) is 5.75 Å². The van der Waals surface area contributed by atoms with Crippen LogP contribution < -0.4 is 10.1 Å². The van der Waals surface area contributed by atoms with Gasteiger partial charge in [-0.05, 0) is 30.3 Å². The van der Waals surface area contributed by atoms with Crippen molar-refractivity contribution < 1.29 is 18.7 Å². The Labute approximate surface area is 139 Å². The van der Waals surface area contributed by atoms with Gasteiger partial charge in [0.05, 0.1) is 6.61 Å². The van der Waals surface area contributed by atoms with E-state index in [-0.39, 0.29) is 5.91 Å². The fraction of sp³-hybridized carbons (Fsp3) is 0.222. The Bertz CT molecular complexity index is 857. The monoisotopic (exact) mass is 326 g/mol. The summed E-state index contributed by atoms with van der Waals surface area (Å²) in [6, 6.07) is 12.4. The highest BCUT2D eigenvalue weighted by Gasteiger charge is 2.09. The zero-order valence-corrected chi connectivity index (χ0v) is 13.5. The maximum atomic E-state index is 12.4. The Balaban J connectivity index is 1.72. The molecule has 1 heterocycles. The molecule has 0 spiro atoms. The molecular weight excluding hydrogens is 308 g/mol. The molecule has 0 saturated heterocycles. The van der Waals surface area contributed by atoms with Crippen molar-refractivity contribution in [2.45, 2.75) is 6.92 Å². The Kier molecular flexibility index (Phi) is 4.77. The molecule has 0 unspecified atom stereocenters. The van der Waals surface area contributed by atoms with E-state index in [9.17, 15) is 4.79 Å². The van der Waals surface area contributed by atoms with Gasteiger partial charge in [-0.15, -0.1) is 0 Å². The normalized spacial score (nSPS) is 10.8. The molecule has 124 valence electrons. The van der Waals surface area contributed by atoms with Crippen LogP contribution in [0.1, 0.15) is 16.2 Å². The van der Waals surface area contributed by atoms with Crippen LogP contribution in [0.2, 0.25) is 0 Å². The quantitative estimate of drug-likeness (QED) is 0.703. The smallest absolute Gasteiger partial charge is 0.255 e. The van der Waals surface area contributed by atoms with Crippen LogP contribution in [0.4, 0.5) is 5.69 Å². The van der Waals surface area contributed by atoms with Crippen molar-refractivity contribution in [3.05, 3.63) is 53.9 Å². The molecule has 0 aliphatic rings. The first-order valence-corrected chi connectivity index (χ1v) is 7.56. The number of oxazole rings is 1. The lowest BCUT2D eigenvalue weighted by atomic mass is 10.2. The minimum atomic E-state index is -0.220. The summed E-state index contributed by atoms with van der Waals surface area (Å²) < 4.78 is 15.9. The zero-order chi connectivity index (χ0) is 16.9. The second-order valence-electron chi connectivity index (χ2n) is 5.24. The van der Waals surface area contributed by atoms with Crippen LogP contribution in [-0.4, -0.2) is 31.2 Å². The fourth-order valence-electron chi connectivity index (χ4n) is 2.29.